The van der Waals surface area contributed by atoms with E-state index in [4.69, 9.17) is 5.21 Å². The number of benzene rings is 1. The molecule has 0 bridgehead atoms. The van der Waals surface area contributed by atoms with Gasteiger partial charge in [0.2, 0.25) is 0 Å². The van der Waals surface area contributed by atoms with E-state index in [1.807, 2.05) is 31.2 Å². The first-order valence-corrected chi connectivity index (χ1v) is 3.86. The Bertz CT molecular complexity index is 281. The van der Waals surface area contributed by atoms with Gasteiger partial charge in [-0.05, 0) is 25.0 Å². The first kappa shape index (κ1) is 8.81. The summed E-state index contributed by atoms with van der Waals surface area (Å²) in [5, 5.41) is 8.75. The molecule has 0 saturated carbocycles. The normalized spacial score (nSPS) is 9.50. The Kier molecular flexibility index (Phi) is 2.88. The number of nitrogens with one attached hydrogen (secondary N) is 1. The second-order valence-electron chi connectivity index (χ2n) is 2.90. The van der Waals surface area contributed by atoms with Crippen molar-refractivity contribution in [3.05, 3.63) is 42.0 Å². The Labute approximate surface area is 72.5 Å². The molecule has 0 atom stereocenters. The first-order chi connectivity index (χ1) is 5.74. The van der Waals surface area contributed by atoms with Gasteiger partial charge >= 0.3 is 0 Å². The largest absolute Gasteiger partial charge is 0.291 e. The van der Waals surface area contributed by atoms with E-state index in [1.54, 1.807) is 0 Å². The lowest BCUT2D eigenvalue weighted by Crippen LogP contribution is -1.95. The lowest BCUT2D eigenvalue weighted by Gasteiger charge is -2.06. The molecule has 64 valence electrons. The van der Waals surface area contributed by atoms with Gasteiger partial charge in [0.1, 0.15) is 0 Å². The maximum atomic E-state index is 8.75. The highest BCUT2D eigenvalue weighted by Crippen LogP contribution is 2.16. The second kappa shape index (κ2) is 3.93. The van der Waals surface area contributed by atoms with E-state index in [0.717, 1.165) is 23.2 Å². The summed E-state index contributed by atoms with van der Waals surface area (Å²) in [6.45, 7) is 5.78. The average Bonchev–Trinajstić information content (AvgIpc) is 2.04. The fraction of sp³-hybridized carbons (Fsp3) is 0.200. The molecule has 12 heavy (non-hydrogen) atoms. The predicted molar refractivity (Wildman–Crippen MR) is 50.4 cm³/mol. The van der Waals surface area contributed by atoms with E-state index in [1.165, 1.54) is 0 Å². The molecule has 1 rings (SSSR count). The lowest BCUT2D eigenvalue weighted by molar-refractivity contribution is 0.388. The van der Waals surface area contributed by atoms with E-state index in [2.05, 4.69) is 12.1 Å². The van der Waals surface area contributed by atoms with Crippen LogP contribution in [0.1, 0.15) is 12.5 Å². The highest BCUT2D eigenvalue weighted by Gasteiger charge is 1.99. The number of anilines is 1. The second-order valence-corrected chi connectivity index (χ2v) is 2.90. The average molecular weight is 163 g/mol. The van der Waals surface area contributed by atoms with Crippen LogP contribution in [0.15, 0.2) is 36.4 Å². The van der Waals surface area contributed by atoms with Crippen LogP contribution in [-0.2, 0) is 6.42 Å². The smallest absolute Gasteiger partial charge is 0.0637 e. The number of hydrogen-bond acceptors (Lipinski definition) is 2. The van der Waals surface area contributed by atoms with Crippen molar-refractivity contribution < 1.29 is 5.21 Å². The van der Waals surface area contributed by atoms with Crippen molar-refractivity contribution in [2.45, 2.75) is 13.3 Å². The minimum Gasteiger partial charge on any atom is -0.291 e. The number of hydrogen-bond donors (Lipinski definition) is 2. The van der Waals surface area contributed by atoms with Crippen molar-refractivity contribution in [1.82, 2.24) is 0 Å². The predicted octanol–water partition coefficient (Wildman–Crippen LogP) is 2.61. The standard InChI is InChI=1S/C10H13NO/c1-8(2)7-9-5-3-4-6-10(9)11-12/h3-6,11-12H,1,7H2,2H3. The molecule has 0 aliphatic carbocycles. The lowest BCUT2D eigenvalue weighted by atomic mass is 10.1. The quantitative estimate of drug-likeness (QED) is 0.530. The Morgan fingerprint density at radius 3 is 2.75 bits per heavy atom. The summed E-state index contributed by atoms with van der Waals surface area (Å²) in [5.74, 6) is 0. The summed E-state index contributed by atoms with van der Waals surface area (Å²) in [6.07, 6.45) is 0.795. The summed E-state index contributed by atoms with van der Waals surface area (Å²) in [6, 6.07) is 7.62. The van der Waals surface area contributed by atoms with Crippen molar-refractivity contribution in [2.24, 2.45) is 0 Å². The highest BCUT2D eigenvalue weighted by molar-refractivity contribution is 5.50. The molecule has 0 fully saturated rings. The summed E-state index contributed by atoms with van der Waals surface area (Å²) in [7, 11) is 0. The van der Waals surface area contributed by atoms with Crippen LogP contribution in [0.4, 0.5) is 5.69 Å². The molecular formula is C10H13NO. The zero-order valence-electron chi connectivity index (χ0n) is 7.17. The van der Waals surface area contributed by atoms with E-state index in [0.29, 0.717) is 0 Å². The minimum atomic E-state index is 0.750. The number of para-hydroxylation sites is 1. The molecule has 0 aromatic heterocycles. The molecule has 0 spiro atoms. The van der Waals surface area contributed by atoms with Crippen LogP contribution in [0.3, 0.4) is 0 Å². The molecule has 0 aliphatic rings. The zero-order chi connectivity index (χ0) is 8.97. The van der Waals surface area contributed by atoms with Gasteiger partial charge in [-0.15, -0.1) is 0 Å². The van der Waals surface area contributed by atoms with Gasteiger partial charge in [0.15, 0.2) is 0 Å². The number of allylic oxidation sites excluding steroid dienone is 1. The topological polar surface area (TPSA) is 32.3 Å². The molecule has 0 saturated heterocycles. The van der Waals surface area contributed by atoms with Crippen molar-refractivity contribution in [1.29, 1.82) is 0 Å². The van der Waals surface area contributed by atoms with Crippen molar-refractivity contribution in [3.63, 3.8) is 0 Å². The molecule has 2 N–H and O–H groups in total. The van der Waals surface area contributed by atoms with Gasteiger partial charge in [0, 0.05) is 0 Å². The Hall–Kier alpha value is -1.28. The van der Waals surface area contributed by atoms with Crippen LogP contribution < -0.4 is 5.48 Å². The van der Waals surface area contributed by atoms with E-state index in [-0.39, 0.29) is 0 Å². The van der Waals surface area contributed by atoms with Gasteiger partial charge in [-0.25, -0.2) is 0 Å². The van der Waals surface area contributed by atoms with Gasteiger partial charge in [0.25, 0.3) is 0 Å². The highest BCUT2D eigenvalue weighted by atomic mass is 16.5. The SMILES string of the molecule is C=C(C)Cc1ccccc1NO. The third kappa shape index (κ3) is 2.10. The van der Waals surface area contributed by atoms with Crippen molar-refractivity contribution >= 4 is 5.69 Å². The Balaban J connectivity index is 2.89. The molecule has 0 unspecified atom stereocenters. The first-order valence-electron chi connectivity index (χ1n) is 3.86. The summed E-state index contributed by atoms with van der Waals surface area (Å²) < 4.78 is 0. The summed E-state index contributed by atoms with van der Waals surface area (Å²) >= 11 is 0. The molecule has 2 heteroatoms. The molecule has 1 aromatic carbocycles. The van der Waals surface area contributed by atoms with Gasteiger partial charge < -0.3 is 0 Å². The summed E-state index contributed by atoms with van der Waals surface area (Å²) in [4.78, 5) is 0. The van der Waals surface area contributed by atoms with Gasteiger partial charge in [-0.3, -0.25) is 10.7 Å². The third-order valence-corrected chi connectivity index (χ3v) is 1.63. The molecule has 0 aliphatic heterocycles. The Morgan fingerprint density at radius 2 is 2.17 bits per heavy atom. The molecule has 0 amide bonds. The fourth-order valence-corrected chi connectivity index (χ4v) is 1.11. The zero-order valence-corrected chi connectivity index (χ0v) is 7.17. The van der Waals surface area contributed by atoms with Crippen LogP contribution >= 0.6 is 0 Å². The third-order valence-electron chi connectivity index (χ3n) is 1.63. The van der Waals surface area contributed by atoms with E-state index in [9.17, 15) is 0 Å². The van der Waals surface area contributed by atoms with E-state index >= 15 is 0 Å². The van der Waals surface area contributed by atoms with Crippen molar-refractivity contribution in [2.75, 3.05) is 5.48 Å². The molecule has 0 radical (unpaired) electrons. The molecule has 0 heterocycles. The maximum absolute atomic E-state index is 8.75. The van der Waals surface area contributed by atoms with Gasteiger partial charge in [-0.2, -0.15) is 0 Å². The van der Waals surface area contributed by atoms with Gasteiger partial charge in [-0.1, -0.05) is 30.4 Å². The molecule has 1 aromatic rings. The van der Waals surface area contributed by atoms with Crippen molar-refractivity contribution in [3.8, 4) is 0 Å². The van der Waals surface area contributed by atoms with Crippen LogP contribution in [0.2, 0.25) is 0 Å². The van der Waals surface area contributed by atoms with Crippen LogP contribution in [-0.4, -0.2) is 5.21 Å². The minimum absolute atomic E-state index is 0.750. The fourth-order valence-electron chi connectivity index (χ4n) is 1.11. The molecule has 2 nitrogen and oxygen atoms in total. The Morgan fingerprint density at radius 1 is 1.50 bits per heavy atom. The van der Waals surface area contributed by atoms with Gasteiger partial charge in [0.05, 0.1) is 5.69 Å². The van der Waals surface area contributed by atoms with Crippen LogP contribution in [0.25, 0.3) is 0 Å². The van der Waals surface area contributed by atoms with Crippen LogP contribution in [0, 0.1) is 0 Å². The monoisotopic (exact) mass is 163 g/mol. The van der Waals surface area contributed by atoms with E-state index < -0.39 is 0 Å². The number of rotatable bonds is 3. The maximum Gasteiger partial charge on any atom is 0.0637 e. The summed E-state index contributed by atoms with van der Waals surface area (Å²) in [5.41, 5.74) is 5.05. The van der Waals surface area contributed by atoms with Crippen LogP contribution in [0.5, 0.6) is 0 Å². The molecular weight excluding hydrogens is 150 g/mol.